The number of hydrogen-bond acceptors (Lipinski definition) is 3. The summed E-state index contributed by atoms with van der Waals surface area (Å²) in [5.41, 5.74) is -0.632. The SMILES string of the molecule is CN1CCC(C(=O)O)(N(C)C)CC1. The quantitative estimate of drug-likeness (QED) is 0.664. The van der Waals surface area contributed by atoms with Crippen LogP contribution in [0.15, 0.2) is 0 Å². The summed E-state index contributed by atoms with van der Waals surface area (Å²) in [7, 11) is 5.72. The maximum atomic E-state index is 11.2. The molecular weight excluding hydrogens is 168 g/mol. The molecule has 0 aromatic carbocycles. The summed E-state index contributed by atoms with van der Waals surface area (Å²) in [6.07, 6.45) is 1.43. The lowest BCUT2D eigenvalue weighted by Crippen LogP contribution is -2.57. The standard InChI is InChI=1S/C9H18N2O2/c1-10(2)9(8(12)13)4-6-11(3)7-5-9/h4-7H2,1-3H3,(H,12,13). The van der Waals surface area contributed by atoms with Crippen LogP contribution in [0.4, 0.5) is 0 Å². The lowest BCUT2D eigenvalue weighted by atomic mass is 9.86. The molecule has 1 N–H and O–H groups in total. The molecule has 4 heteroatoms. The van der Waals surface area contributed by atoms with Gasteiger partial charge in [0.15, 0.2) is 0 Å². The van der Waals surface area contributed by atoms with Crippen LogP contribution in [0.3, 0.4) is 0 Å². The van der Waals surface area contributed by atoms with Gasteiger partial charge in [-0.05, 0) is 34.0 Å². The minimum absolute atomic E-state index is 0.632. The van der Waals surface area contributed by atoms with Crippen LogP contribution >= 0.6 is 0 Å². The molecule has 0 aromatic heterocycles. The topological polar surface area (TPSA) is 43.8 Å². The highest BCUT2D eigenvalue weighted by atomic mass is 16.4. The number of hydrogen-bond donors (Lipinski definition) is 1. The Morgan fingerprint density at radius 2 is 1.85 bits per heavy atom. The van der Waals surface area contributed by atoms with E-state index >= 15 is 0 Å². The van der Waals surface area contributed by atoms with Crippen molar-refractivity contribution in [2.75, 3.05) is 34.2 Å². The van der Waals surface area contributed by atoms with E-state index in [9.17, 15) is 9.90 Å². The molecule has 0 aliphatic carbocycles. The molecule has 4 nitrogen and oxygen atoms in total. The Morgan fingerprint density at radius 1 is 1.38 bits per heavy atom. The van der Waals surface area contributed by atoms with E-state index in [1.807, 2.05) is 26.0 Å². The summed E-state index contributed by atoms with van der Waals surface area (Å²) in [6, 6.07) is 0. The van der Waals surface area contributed by atoms with Gasteiger partial charge in [-0.2, -0.15) is 0 Å². The smallest absolute Gasteiger partial charge is 0.324 e. The van der Waals surface area contributed by atoms with E-state index in [2.05, 4.69) is 4.90 Å². The number of carboxylic acid groups (broad SMARTS) is 1. The number of carboxylic acids is 1. The molecule has 1 fully saturated rings. The van der Waals surface area contributed by atoms with Gasteiger partial charge < -0.3 is 10.0 Å². The van der Waals surface area contributed by atoms with E-state index < -0.39 is 11.5 Å². The van der Waals surface area contributed by atoms with Crippen molar-refractivity contribution in [1.82, 2.24) is 9.80 Å². The van der Waals surface area contributed by atoms with Gasteiger partial charge in [-0.3, -0.25) is 9.69 Å². The van der Waals surface area contributed by atoms with Gasteiger partial charge in [0.1, 0.15) is 5.54 Å². The van der Waals surface area contributed by atoms with Crippen LogP contribution in [0.2, 0.25) is 0 Å². The second-order valence-electron chi connectivity index (χ2n) is 4.03. The fourth-order valence-corrected chi connectivity index (χ4v) is 1.84. The lowest BCUT2D eigenvalue weighted by Gasteiger charge is -2.41. The first-order valence-electron chi connectivity index (χ1n) is 4.58. The highest BCUT2D eigenvalue weighted by Gasteiger charge is 2.42. The van der Waals surface area contributed by atoms with Crippen molar-refractivity contribution in [2.24, 2.45) is 0 Å². The van der Waals surface area contributed by atoms with Gasteiger partial charge in [-0.15, -0.1) is 0 Å². The third-order valence-electron chi connectivity index (χ3n) is 3.07. The van der Waals surface area contributed by atoms with Crippen molar-refractivity contribution in [1.29, 1.82) is 0 Å². The average Bonchev–Trinajstić information content (AvgIpc) is 2.04. The predicted octanol–water partition coefficient (Wildman–Crippen LogP) is 0.0970. The molecule has 1 aliphatic rings. The van der Waals surface area contributed by atoms with Crippen molar-refractivity contribution in [3.63, 3.8) is 0 Å². The number of piperidine rings is 1. The van der Waals surface area contributed by atoms with Crippen molar-refractivity contribution in [2.45, 2.75) is 18.4 Å². The number of rotatable bonds is 2. The maximum absolute atomic E-state index is 11.2. The molecule has 13 heavy (non-hydrogen) atoms. The van der Waals surface area contributed by atoms with E-state index in [0.717, 1.165) is 13.1 Å². The van der Waals surface area contributed by atoms with Gasteiger partial charge in [0.2, 0.25) is 0 Å². The van der Waals surface area contributed by atoms with Crippen LogP contribution in [0, 0.1) is 0 Å². The normalized spacial score (nSPS) is 23.4. The molecular formula is C9H18N2O2. The van der Waals surface area contributed by atoms with Crippen molar-refractivity contribution in [3.8, 4) is 0 Å². The molecule has 0 aromatic rings. The molecule has 0 amide bonds. The zero-order chi connectivity index (χ0) is 10.1. The molecule has 0 unspecified atom stereocenters. The lowest BCUT2D eigenvalue weighted by molar-refractivity contribution is -0.153. The Morgan fingerprint density at radius 3 is 2.15 bits per heavy atom. The third-order valence-corrected chi connectivity index (χ3v) is 3.07. The monoisotopic (exact) mass is 186 g/mol. The fraction of sp³-hybridized carbons (Fsp3) is 0.889. The number of likely N-dealkylation sites (N-methyl/N-ethyl adjacent to an activating group) is 1. The van der Waals surface area contributed by atoms with Gasteiger partial charge in [-0.25, -0.2) is 0 Å². The second-order valence-corrected chi connectivity index (χ2v) is 4.03. The molecule has 1 saturated heterocycles. The number of carbonyl (C=O) groups is 1. The minimum atomic E-state index is -0.689. The number of aliphatic carboxylic acids is 1. The Kier molecular flexibility index (Phi) is 2.93. The first-order chi connectivity index (χ1) is 5.99. The first-order valence-corrected chi connectivity index (χ1v) is 4.58. The van der Waals surface area contributed by atoms with Gasteiger partial charge in [0.05, 0.1) is 0 Å². The van der Waals surface area contributed by atoms with Crippen molar-refractivity contribution >= 4 is 5.97 Å². The van der Waals surface area contributed by atoms with Gasteiger partial charge >= 0.3 is 5.97 Å². The number of likely N-dealkylation sites (tertiary alicyclic amines) is 1. The van der Waals surface area contributed by atoms with E-state index in [-0.39, 0.29) is 0 Å². The average molecular weight is 186 g/mol. The third kappa shape index (κ3) is 1.84. The zero-order valence-electron chi connectivity index (χ0n) is 8.58. The second kappa shape index (κ2) is 3.64. The van der Waals surface area contributed by atoms with Crippen LogP contribution in [0.5, 0.6) is 0 Å². The molecule has 0 radical (unpaired) electrons. The first kappa shape index (κ1) is 10.5. The molecule has 1 aliphatic heterocycles. The van der Waals surface area contributed by atoms with Crippen LogP contribution < -0.4 is 0 Å². The summed E-state index contributed by atoms with van der Waals surface area (Å²) >= 11 is 0. The Balaban J connectivity index is 2.75. The van der Waals surface area contributed by atoms with E-state index in [0.29, 0.717) is 12.8 Å². The van der Waals surface area contributed by atoms with Crippen LogP contribution in [0.25, 0.3) is 0 Å². The minimum Gasteiger partial charge on any atom is -0.480 e. The molecule has 0 spiro atoms. The van der Waals surface area contributed by atoms with Gasteiger partial charge in [0, 0.05) is 13.1 Å². The van der Waals surface area contributed by atoms with Crippen LogP contribution in [0.1, 0.15) is 12.8 Å². The van der Waals surface area contributed by atoms with Crippen LogP contribution in [-0.4, -0.2) is 60.6 Å². The fourth-order valence-electron chi connectivity index (χ4n) is 1.84. The van der Waals surface area contributed by atoms with Crippen molar-refractivity contribution in [3.05, 3.63) is 0 Å². The molecule has 76 valence electrons. The van der Waals surface area contributed by atoms with E-state index in [4.69, 9.17) is 0 Å². The van der Waals surface area contributed by atoms with Crippen LogP contribution in [-0.2, 0) is 4.79 Å². The summed E-state index contributed by atoms with van der Waals surface area (Å²) in [6.45, 7) is 1.73. The Labute approximate surface area is 79.1 Å². The molecule has 0 bridgehead atoms. The highest BCUT2D eigenvalue weighted by Crippen LogP contribution is 2.26. The van der Waals surface area contributed by atoms with Gasteiger partial charge in [-0.1, -0.05) is 0 Å². The summed E-state index contributed by atoms with van der Waals surface area (Å²) in [5, 5.41) is 9.19. The van der Waals surface area contributed by atoms with E-state index in [1.54, 1.807) is 0 Å². The molecule has 0 atom stereocenters. The highest BCUT2D eigenvalue weighted by molar-refractivity contribution is 5.78. The summed E-state index contributed by atoms with van der Waals surface area (Å²) < 4.78 is 0. The summed E-state index contributed by atoms with van der Waals surface area (Å²) in [5.74, 6) is -0.689. The predicted molar refractivity (Wildman–Crippen MR) is 50.8 cm³/mol. The van der Waals surface area contributed by atoms with Gasteiger partial charge in [0.25, 0.3) is 0 Å². The molecule has 1 heterocycles. The Hall–Kier alpha value is -0.610. The largest absolute Gasteiger partial charge is 0.480 e. The molecule has 0 saturated carbocycles. The summed E-state index contributed by atoms with van der Waals surface area (Å²) in [4.78, 5) is 15.2. The molecule has 1 rings (SSSR count). The number of nitrogens with zero attached hydrogens (tertiary/aromatic N) is 2. The van der Waals surface area contributed by atoms with Crippen molar-refractivity contribution < 1.29 is 9.90 Å². The zero-order valence-corrected chi connectivity index (χ0v) is 8.58. The maximum Gasteiger partial charge on any atom is 0.324 e. The Bertz CT molecular complexity index is 196. The van der Waals surface area contributed by atoms with E-state index in [1.165, 1.54) is 0 Å².